The monoisotopic (exact) mass is 275 g/mol. The number of thioether (sulfide) groups is 1. The molecular formula is C9H9NO5S2. The Morgan fingerprint density at radius 2 is 1.88 bits per heavy atom. The van der Waals surface area contributed by atoms with Gasteiger partial charge in [0, 0.05) is 0 Å². The molecule has 0 fully saturated rings. The van der Waals surface area contributed by atoms with Crippen molar-refractivity contribution in [3.8, 4) is 0 Å². The van der Waals surface area contributed by atoms with Crippen molar-refractivity contribution in [2.45, 2.75) is 4.90 Å². The average molecular weight is 275 g/mol. The Morgan fingerprint density at radius 1 is 1.29 bits per heavy atom. The third-order valence-electron chi connectivity index (χ3n) is 1.81. The summed E-state index contributed by atoms with van der Waals surface area (Å²) in [6.45, 7) is 0. The molecule has 8 heteroatoms. The Morgan fingerprint density at radius 3 is 2.41 bits per heavy atom. The number of carboxylic acid groups (broad SMARTS) is 1. The van der Waals surface area contributed by atoms with E-state index in [4.69, 9.17) is 5.11 Å². The lowest BCUT2D eigenvalue weighted by Crippen LogP contribution is -2.28. The summed E-state index contributed by atoms with van der Waals surface area (Å²) in [7, 11) is -4.15. The molecule has 0 unspecified atom stereocenters. The summed E-state index contributed by atoms with van der Waals surface area (Å²) in [5.74, 6) is -1.37. The molecule has 1 aromatic carbocycles. The van der Waals surface area contributed by atoms with Gasteiger partial charge >= 0.3 is 5.97 Å². The van der Waals surface area contributed by atoms with Gasteiger partial charge < -0.3 is 5.11 Å². The maximum Gasteiger partial charge on any atom is 0.337 e. The smallest absolute Gasteiger partial charge is 0.337 e. The van der Waals surface area contributed by atoms with E-state index in [9.17, 15) is 18.0 Å². The summed E-state index contributed by atoms with van der Waals surface area (Å²) in [5, 5.41) is 8.06. The van der Waals surface area contributed by atoms with Crippen molar-refractivity contribution in [2.24, 2.45) is 0 Å². The first-order valence-corrected chi connectivity index (χ1v) is 7.02. The molecule has 1 rings (SSSR count). The van der Waals surface area contributed by atoms with Crippen LogP contribution < -0.4 is 4.72 Å². The van der Waals surface area contributed by atoms with Crippen LogP contribution in [-0.2, 0) is 10.0 Å². The molecule has 0 spiro atoms. The van der Waals surface area contributed by atoms with E-state index in [1.165, 1.54) is 18.4 Å². The van der Waals surface area contributed by atoms with Crippen LogP contribution in [0.4, 0.5) is 4.79 Å². The minimum absolute atomic E-state index is 0.381. The fourth-order valence-corrected chi connectivity index (χ4v) is 2.78. The van der Waals surface area contributed by atoms with Crippen LogP contribution >= 0.6 is 11.8 Å². The van der Waals surface area contributed by atoms with E-state index in [0.717, 1.165) is 12.1 Å². The molecule has 17 heavy (non-hydrogen) atoms. The molecule has 0 aliphatic rings. The van der Waals surface area contributed by atoms with E-state index >= 15 is 0 Å². The van der Waals surface area contributed by atoms with E-state index < -0.39 is 26.1 Å². The average Bonchev–Trinajstić information content (AvgIpc) is 2.28. The second-order valence-electron chi connectivity index (χ2n) is 2.90. The zero-order chi connectivity index (χ0) is 13.1. The van der Waals surface area contributed by atoms with Gasteiger partial charge in [-0.3, -0.25) is 4.79 Å². The molecule has 0 aliphatic heterocycles. The molecule has 1 amide bonds. The van der Waals surface area contributed by atoms with Crippen LogP contribution in [0.5, 0.6) is 0 Å². The summed E-state index contributed by atoms with van der Waals surface area (Å²) < 4.78 is 25.2. The van der Waals surface area contributed by atoms with Gasteiger partial charge in [0.1, 0.15) is 4.90 Å². The maximum atomic E-state index is 11.7. The van der Waals surface area contributed by atoms with Crippen LogP contribution in [-0.4, -0.2) is 31.0 Å². The molecule has 0 heterocycles. The SMILES string of the molecule is CSC(=O)NS(=O)(=O)c1ccccc1C(=O)O. The standard InChI is InChI=1S/C9H9NO5S2/c1-16-9(13)10-17(14,15)7-5-3-2-4-6(7)8(11)12/h2-5H,1H3,(H,10,13)(H,11,12). The normalized spacial score (nSPS) is 10.9. The lowest BCUT2D eigenvalue weighted by molar-refractivity contribution is 0.0692. The van der Waals surface area contributed by atoms with E-state index in [0.29, 0.717) is 11.8 Å². The third-order valence-corrected chi connectivity index (χ3v) is 3.80. The number of sulfonamides is 1. The number of nitrogens with one attached hydrogen (secondary N) is 1. The van der Waals surface area contributed by atoms with Crippen molar-refractivity contribution in [3.05, 3.63) is 29.8 Å². The number of amides is 1. The number of hydrogen-bond donors (Lipinski definition) is 2. The van der Waals surface area contributed by atoms with E-state index in [1.54, 1.807) is 4.72 Å². The Labute approximate surface area is 102 Å². The minimum Gasteiger partial charge on any atom is -0.478 e. The second-order valence-corrected chi connectivity index (χ2v) is 5.33. The first-order chi connectivity index (χ1) is 7.88. The fraction of sp³-hybridized carbons (Fsp3) is 0.111. The van der Waals surface area contributed by atoms with Crippen LogP contribution in [0.15, 0.2) is 29.2 Å². The highest BCUT2D eigenvalue weighted by molar-refractivity contribution is 8.14. The first-order valence-electron chi connectivity index (χ1n) is 4.31. The highest BCUT2D eigenvalue weighted by atomic mass is 32.2. The van der Waals surface area contributed by atoms with Crippen LogP contribution in [0.25, 0.3) is 0 Å². The number of rotatable bonds is 3. The highest BCUT2D eigenvalue weighted by Crippen LogP contribution is 2.15. The molecule has 0 atom stereocenters. The molecule has 2 N–H and O–H groups in total. The zero-order valence-electron chi connectivity index (χ0n) is 8.71. The van der Waals surface area contributed by atoms with Crippen LogP contribution in [0.3, 0.4) is 0 Å². The number of carboxylic acids is 1. The van der Waals surface area contributed by atoms with Crippen LogP contribution in [0.1, 0.15) is 10.4 Å². The Kier molecular flexibility index (Phi) is 4.13. The Balaban J connectivity index is 3.24. The number of hydrogen-bond acceptors (Lipinski definition) is 5. The molecule has 6 nitrogen and oxygen atoms in total. The molecule has 0 aliphatic carbocycles. The van der Waals surface area contributed by atoms with Crippen molar-refractivity contribution >= 4 is 33.0 Å². The Hall–Kier alpha value is -1.54. The van der Waals surface area contributed by atoms with E-state index in [2.05, 4.69) is 0 Å². The third kappa shape index (κ3) is 3.21. The lowest BCUT2D eigenvalue weighted by atomic mass is 10.2. The van der Waals surface area contributed by atoms with Crippen molar-refractivity contribution in [1.29, 1.82) is 0 Å². The van der Waals surface area contributed by atoms with Gasteiger partial charge in [0.15, 0.2) is 0 Å². The first kappa shape index (κ1) is 13.5. The summed E-state index contributed by atoms with van der Waals surface area (Å²) in [5.41, 5.74) is -0.381. The summed E-state index contributed by atoms with van der Waals surface area (Å²) in [6.07, 6.45) is 1.41. The van der Waals surface area contributed by atoms with Gasteiger partial charge in [-0.25, -0.2) is 17.9 Å². The largest absolute Gasteiger partial charge is 0.478 e. The van der Waals surface area contributed by atoms with Gasteiger partial charge in [0.25, 0.3) is 15.3 Å². The second kappa shape index (κ2) is 5.19. The zero-order valence-corrected chi connectivity index (χ0v) is 10.3. The molecular weight excluding hydrogens is 266 g/mol. The minimum atomic E-state index is -4.15. The van der Waals surface area contributed by atoms with Crippen molar-refractivity contribution < 1.29 is 23.1 Å². The van der Waals surface area contributed by atoms with E-state index in [1.807, 2.05) is 0 Å². The topological polar surface area (TPSA) is 101 Å². The van der Waals surface area contributed by atoms with Crippen molar-refractivity contribution in [2.75, 3.05) is 6.26 Å². The fourth-order valence-electron chi connectivity index (χ4n) is 1.08. The molecule has 0 aromatic heterocycles. The summed E-state index contributed by atoms with van der Waals surface area (Å²) in [4.78, 5) is 21.4. The van der Waals surface area contributed by atoms with Gasteiger partial charge in [-0.2, -0.15) is 0 Å². The molecule has 92 valence electrons. The summed E-state index contributed by atoms with van der Waals surface area (Å²) >= 11 is 0.684. The lowest BCUT2D eigenvalue weighted by Gasteiger charge is -2.07. The van der Waals surface area contributed by atoms with Gasteiger partial charge in [-0.15, -0.1) is 0 Å². The Bertz CT molecular complexity index is 552. The van der Waals surface area contributed by atoms with E-state index in [-0.39, 0.29) is 5.56 Å². The van der Waals surface area contributed by atoms with Crippen LogP contribution in [0, 0.1) is 0 Å². The number of benzene rings is 1. The van der Waals surface area contributed by atoms with Crippen molar-refractivity contribution in [1.82, 2.24) is 4.72 Å². The predicted molar refractivity (Wildman–Crippen MR) is 62.6 cm³/mol. The number of aromatic carboxylic acids is 1. The van der Waals surface area contributed by atoms with Gasteiger partial charge in [0.2, 0.25) is 0 Å². The molecule has 0 saturated heterocycles. The molecule has 0 saturated carbocycles. The van der Waals surface area contributed by atoms with Gasteiger partial charge in [0.05, 0.1) is 5.56 Å². The predicted octanol–water partition coefficient (Wildman–Crippen LogP) is 1.15. The maximum absolute atomic E-state index is 11.7. The molecule has 1 aromatic rings. The quantitative estimate of drug-likeness (QED) is 0.858. The van der Waals surface area contributed by atoms with Gasteiger partial charge in [-0.05, 0) is 18.4 Å². The number of carbonyl (C=O) groups excluding carboxylic acids is 1. The highest BCUT2D eigenvalue weighted by Gasteiger charge is 2.23. The number of carbonyl (C=O) groups is 2. The molecule has 0 bridgehead atoms. The van der Waals surface area contributed by atoms with Crippen LogP contribution in [0.2, 0.25) is 0 Å². The van der Waals surface area contributed by atoms with Gasteiger partial charge in [-0.1, -0.05) is 23.9 Å². The van der Waals surface area contributed by atoms with Crippen molar-refractivity contribution in [3.63, 3.8) is 0 Å². The molecule has 0 radical (unpaired) electrons. The summed E-state index contributed by atoms with van der Waals surface area (Å²) in [6, 6.07) is 5.06.